The average molecular weight is 446 g/mol. The Kier molecular flexibility index (Phi) is 5.37. The fourth-order valence-corrected chi connectivity index (χ4v) is 5.09. The van der Waals surface area contributed by atoms with Gasteiger partial charge in [-0.05, 0) is 60.0 Å². The van der Waals surface area contributed by atoms with E-state index in [-0.39, 0.29) is 24.4 Å². The number of benzene rings is 1. The number of thiophene rings is 1. The minimum absolute atomic E-state index is 0.146. The summed E-state index contributed by atoms with van der Waals surface area (Å²) in [6.45, 7) is 4.66. The zero-order valence-electron chi connectivity index (χ0n) is 16.9. The molecule has 2 aromatic heterocycles. The molecule has 10 heteroatoms. The topological polar surface area (TPSA) is 97.2 Å². The van der Waals surface area contributed by atoms with Crippen LogP contribution in [-0.2, 0) is 16.6 Å². The molecule has 0 bridgehead atoms. The molecule has 30 heavy (non-hydrogen) atoms. The van der Waals surface area contributed by atoms with Gasteiger partial charge in [-0.15, -0.1) is 0 Å². The van der Waals surface area contributed by atoms with Crippen LogP contribution in [-0.4, -0.2) is 41.9 Å². The van der Waals surface area contributed by atoms with Gasteiger partial charge in [0.05, 0.1) is 17.9 Å². The number of hydrogen-bond donors (Lipinski definition) is 1. The van der Waals surface area contributed by atoms with E-state index >= 15 is 0 Å². The van der Waals surface area contributed by atoms with E-state index in [0.29, 0.717) is 23.6 Å². The maximum absolute atomic E-state index is 12.7. The first-order valence-corrected chi connectivity index (χ1v) is 12.3. The van der Waals surface area contributed by atoms with Crippen LogP contribution in [0.15, 0.2) is 41.4 Å². The predicted octanol–water partition coefficient (Wildman–Crippen LogP) is 2.76. The van der Waals surface area contributed by atoms with E-state index in [9.17, 15) is 13.2 Å². The van der Waals surface area contributed by atoms with Crippen LogP contribution >= 0.6 is 11.3 Å². The molecule has 0 unspecified atom stereocenters. The summed E-state index contributed by atoms with van der Waals surface area (Å²) >= 11 is 1.58. The van der Waals surface area contributed by atoms with Gasteiger partial charge in [0, 0.05) is 24.7 Å². The molecule has 0 spiro atoms. The third-order valence-corrected chi connectivity index (χ3v) is 6.96. The highest BCUT2D eigenvalue weighted by molar-refractivity contribution is 7.92. The van der Waals surface area contributed by atoms with E-state index in [4.69, 9.17) is 0 Å². The minimum atomic E-state index is -3.47. The Labute approximate surface area is 179 Å². The lowest BCUT2D eigenvalue weighted by atomic mass is 9.98. The average Bonchev–Trinajstić information content (AvgIpc) is 3.43. The first kappa shape index (κ1) is 20.5. The molecule has 4 rings (SSSR count). The third-order valence-electron chi connectivity index (χ3n) is 5.08. The van der Waals surface area contributed by atoms with Crippen molar-refractivity contribution in [1.82, 2.24) is 20.1 Å². The smallest absolute Gasteiger partial charge is 0.251 e. The molecule has 0 aliphatic carbocycles. The number of rotatable bonds is 6. The highest BCUT2D eigenvalue weighted by Crippen LogP contribution is 2.41. The maximum atomic E-state index is 12.7. The molecule has 0 saturated heterocycles. The molecule has 1 amide bonds. The quantitative estimate of drug-likeness (QED) is 0.629. The second-order valence-electron chi connectivity index (χ2n) is 7.61. The van der Waals surface area contributed by atoms with Gasteiger partial charge in [0.2, 0.25) is 10.0 Å². The van der Waals surface area contributed by atoms with Crippen molar-refractivity contribution >= 4 is 33.0 Å². The number of amides is 1. The number of carbonyl (C=O) groups is 1. The number of anilines is 1. The van der Waals surface area contributed by atoms with E-state index in [2.05, 4.69) is 15.4 Å². The molecule has 158 valence electrons. The van der Waals surface area contributed by atoms with Crippen LogP contribution in [0.1, 0.15) is 53.1 Å². The SMILES string of the molecule is CC(C)n1cnc([C@@H]2CN(S(C)(=O)=O)c3ccc(C(=O)NCc4ccsc4)cc32)n1. The molecule has 0 fully saturated rings. The van der Waals surface area contributed by atoms with Crippen LogP contribution < -0.4 is 9.62 Å². The molecule has 0 saturated carbocycles. The fraction of sp³-hybridized carbons (Fsp3) is 0.350. The van der Waals surface area contributed by atoms with Gasteiger partial charge in [0.1, 0.15) is 6.33 Å². The van der Waals surface area contributed by atoms with E-state index in [1.807, 2.05) is 30.7 Å². The van der Waals surface area contributed by atoms with E-state index in [1.165, 1.54) is 10.6 Å². The zero-order chi connectivity index (χ0) is 21.5. The Morgan fingerprint density at radius 3 is 2.77 bits per heavy atom. The molecular weight excluding hydrogens is 422 g/mol. The number of hydrogen-bond acceptors (Lipinski definition) is 6. The van der Waals surface area contributed by atoms with Crippen LogP contribution in [0, 0.1) is 0 Å². The summed E-state index contributed by atoms with van der Waals surface area (Å²) in [6.07, 6.45) is 2.83. The number of carbonyl (C=O) groups excluding carboxylic acids is 1. The lowest BCUT2D eigenvalue weighted by molar-refractivity contribution is 0.0951. The summed E-state index contributed by atoms with van der Waals surface area (Å²) in [5, 5.41) is 11.4. The standard InChI is InChI=1S/C20H23N5O3S2/c1-13(2)24-12-22-19(23-24)17-10-25(30(3,27)28)18-5-4-15(8-16(17)18)20(26)21-9-14-6-7-29-11-14/h4-8,11-13,17H,9-10H2,1-3H3,(H,21,26)/t17-/m1/s1. The van der Waals surface area contributed by atoms with Crippen molar-refractivity contribution in [3.05, 3.63) is 63.9 Å². The lowest BCUT2D eigenvalue weighted by Gasteiger charge is -2.16. The summed E-state index contributed by atoms with van der Waals surface area (Å²) in [7, 11) is -3.47. The van der Waals surface area contributed by atoms with Crippen molar-refractivity contribution in [1.29, 1.82) is 0 Å². The van der Waals surface area contributed by atoms with Crippen molar-refractivity contribution < 1.29 is 13.2 Å². The molecule has 1 aromatic carbocycles. The van der Waals surface area contributed by atoms with Gasteiger partial charge in [0.25, 0.3) is 5.91 Å². The monoisotopic (exact) mass is 445 g/mol. The molecule has 1 N–H and O–H groups in total. The van der Waals surface area contributed by atoms with Crippen LogP contribution in [0.4, 0.5) is 5.69 Å². The van der Waals surface area contributed by atoms with Crippen molar-refractivity contribution in [2.24, 2.45) is 0 Å². The van der Waals surface area contributed by atoms with E-state index < -0.39 is 10.0 Å². The first-order valence-electron chi connectivity index (χ1n) is 9.56. The van der Waals surface area contributed by atoms with Crippen LogP contribution in [0.5, 0.6) is 0 Å². The summed E-state index contributed by atoms with van der Waals surface area (Å²) in [4.78, 5) is 17.1. The van der Waals surface area contributed by atoms with Gasteiger partial charge in [-0.25, -0.2) is 13.4 Å². The summed E-state index contributed by atoms with van der Waals surface area (Å²) in [6, 6.07) is 7.21. The Balaban J connectivity index is 1.67. The minimum Gasteiger partial charge on any atom is -0.348 e. The number of nitrogens with zero attached hydrogens (tertiary/aromatic N) is 4. The van der Waals surface area contributed by atoms with Crippen molar-refractivity contribution in [3.8, 4) is 0 Å². The van der Waals surface area contributed by atoms with Crippen molar-refractivity contribution in [2.75, 3.05) is 17.1 Å². The molecule has 1 aliphatic rings. The van der Waals surface area contributed by atoms with Crippen LogP contribution in [0.3, 0.4) is 0 Å². The van der Waals surface area contributed by atoms with Crippen LogP contribution in [0.25, 0.3) is 0 Å². The summed E-state index contributed by atoms with van der Waals surface area (Å²) in [5.41, 5.74) is 2.83. The Hall–Kier alpha value is -2.72. The Bertz CT molecular complexity index is 1170. The highest BCUT2D eigenvalue weighted by Gasteiger charge is 2.37. The third kappa shape index (κ3) is 3.97. The van der Waals surface area contributed by atoms with Crippen molar-refractivity contribution in [2.45, 2.75) is 32.4 Å². The van der Waals surface area contributed by atoms with Gasteiger partial charge in [-0.1, -0.05) is 0 Å². The van der Waals surface area contributed by atoms with Gasteiger partial charge in [-0.2, -0.15) is 16.4 Å². The first-order chi connectivity index (χ1) is 14.2. The maximum Gasteiger partial charge on any atom is 0.251 e. The number of sulfonamides is 1. The van der Waals surface area contributed by atoms with Gasteiger partial charge in [0.15, 0.2) is 5.82 Å². The zero-order valence-corrected chi connectivity index (χ0v) is 18.6. The second kappa shape index (κ2) is 7.84. The largest absolute Gasteiger partial charge is 0.348 e. The molecule has 0 radical (unpaired) electrons. The van der Waals surface area contributed by atoms with Crippen molar-refractivity contribution in [3.63, 3.8) is 0 Å². The molecule has 3 aromatic rings. The van der Waals surface area contributed by atoms with E-state index in [1.54, 1.807) is 40.5 Å². The predicted molar refractivity (Wildman–Crippen MR) is 116 cm³/mol. The number of fused-ring (bicyclic) bond motifs is 1. The Morgan fingerprint density at radius 1 is 1.33 bits per heavy atom. The van der Waals surface area contributed by atoms with E-state index in [0.717, 1.165) is 11.1 Å². The second-order valence-corrected chi connectivity index (χ2v) is 10.3. The molecular formula is C20H23N5O3S2. The lowest BCUT2D eigenvalue weighted by Crippen LogP contribution is -2.29. The molecule has 1 atom stereocenters. The normalized spacial score (nSPS) is 16.1. The fourth-order valence-electron chi connectivity index (χ4n) is 3.47. The molecule has 3 heterocycles. The summed E-state index contributed by atoms with van der Waals surface area (Å²) < 4.78 is 27.8. The number of nitrogens with one attached hydrogen (secondary N) is 1. The van der Waals surface area contributed by atoms with Gasteiger partial charge in [-0.3, -0.25) is 13.8 Å². The Morgan fingerprint density at radius 2 is 2.13 bits per heavy atom. The highest BCUT2D eigenvalue weighted by atomic mass is 32.2. The molecule has 8 nitrogen and oxygen atoms in total. The molecule has 1 aliphatic heterocycles. The van der Waals surface area contributed by atoms with Gasteiger partial charge >= 0.3 is 0 Å². The van der Waals surface area contributed by atoms with Crippen LogP contribution in [0.2, 0.25) is 0 Å². The summed E-state index contributed by atoms with van der Waals surface area (Å²) in [5.74, 6) is 0.00695. The number of aromatic nitrogens is 3. The van der Waals surface area contributed by atoms with Gasteiger partial charge < -0.3 is 5.32 Å².